The second-order valence-electron chi connectivity index (χ2n) is 4.80. The summed E-state index contributed by atoms with van der Waals surface area (Å²) in [5.41, 5.74) is 3.60. The zero-order valence-corrected chi connectivity index (χ0v) is 11.6. The molecule has 0 aliphatic carbocycles. The zero-order chi connectivity index (χ0) is 13.8. The van der Waals surface area contributed by atoms with Crippen molar-refractivity contribution in [1.29, 1.82) is 0 Å². The van der Waals surface area contributed by atoms with Crippen LogP contribution in [0, 0.1) is 0 Å². The molecule has 2 N–H and O–H groups in total. The highest BCUT2D eigenvalue weighted by atomic mass is 14.9. The first-order chi connectivity index (χ1) is 9.88. The summed E-state index contributed by atoms with van der Waals surface area (Å²) in [6, 6.07) is 23.1. The molecule has 0 bridgehead atoms. The van der Waals surface area contributed by atoms with Gasteiger partial charge in [0.1, 0.15) is 0 Å². The zero-order valence-electron chi connectivity index (χ0n) is 11.6. The van der Waals surface area contributed by atoms with E-state index in [0.29, 0.717) is 0 Å². The number of hydrogen-bond donors (Lipinski definition) is 2. The largest absolute Gasteiger partial charge is 0.388 e. The van der Waals surface area contributed by atoms with Gasteiger partial charge in [0.25, 0.3) is 0 Å². The molecule has 0 spiro atoms. The first-order valence-electron chi connectivity index (χ1n) is 6.86. The van der Waals surface area contributed by atoms with E-state index in [9.17, 15) is 0 Å². The minimum absolute atomic E-state index is 0.831. The van der Waals surface area contributed by atoms with E-state index >= 15 is 0 Å². The van der Waals surface area contributed by atoms with Crippen molar-refractivity contribution in [3.8, 4) is 0 Å². The van der Waals surface area contributed by atoms with Gasteiger partial charge in [0.05, 0.1) is 0 Å². The third-order valence-electron chi connectivity index (χ3n) is 3.50. The Morgan fingerprint density at radius 1 is 0.750 bits per heavy atom. The van der Waals surface area contributed by atoms with Gasteiger partial charge in [-0.15, -0.1) is 0 Å². The standard InChI is InChI=1S/C18H18N2/c1-19-16-11-5-9-15-10-6-12-17(18(15)16)20-13-14-7-3-2-4-8-14/h2-12,19-20H,13H2,1H3. The summed E-state index contributed by atoms with van der Waals surface area (Å²) in [5, 5.41) is 9.30. The molecule has 0 aliphatic heterocycles. The molecule has 0 radical (unpaired) electrons. The molecule has 0 atom stereocenters. The second kappa shape index (κ2) is 5.66. The van der Waals surface area contributed by atoms with E-state index in [1.807, 2.05) is 13.1 Å². The maximum absolute atomic E-state index is 3.54. The monoisotopic (exact) mass is 262 g/mol. The summed E-state index contributed by atoms with van der Waals surface area (Å²) < 4.78 is 0. The average Bonchev–Trinajstić information content (AvgIpc) is 2.53. The van der Waals surface area contributed by atoms with E-state index in [1.165, 1.54) is 16.3 Å². The molecule has 0 unspecified atom stereocenters. The van der Waals surface area contributed by atoms with Crippen LogP contribution in [0.2, 0.25) is 0 Å². The summed E-state index contributed by atoms with van der Waals surface area (Å²) in [4.78, 5) is 0. The molecule has 0 saturated heterocycles. The van der Waals surface area contributed by atoms with Gasteiger partial charge in [0.15, 0.2) is 0 Å². The Morgan fingerprint density at radius 2 is 1.45 bits per heavy atom. The Bertz CT molecular complexity index is 700. The van der Waals surface area contributed by atoms with E-state index < -0.39 is 0 Å². The Kier molecular flexibility index (Phi) is 3.55. The van der Waals surface area contributed by atoms with E-state index in [4.69, 9.17) is 0 Å². The van der Waals surface area contributed by atoms with Gasteiger partial charge in [-0.05, 0) is 23.1 Å². The van der Waals surface area contributed by atoms with Crippen LogP contribution in [0.1, 0.15) is 5.56 Å². The Morgan fingerprint density at radius 3 is 2.15 bits per heavy atom. The van der Waals surface area contributed by atoms with Crippen LogP contribution in [0.25, 0.3) is 10.8 Å². The number of fused-ring (bicyclic) bond motifs is 1. The molecule has 0 heterocycles. The minimum atomic E-state index is 0.831. The van der Waals surface area contributed by atoms with Gasteiger partial charge in [-0.25, -0.2) is 0 Å². The molecule has 3 aromatic rings. The first-order valence-corrected chi connectivity index (χ1v) is 6.86. The quantitative estimate of drug-likeness (QED) is 0.723. The fraction of sp³-hybridized carbons (Fsp3) is 0.111. The lowest BCUT2D eigenvalue weighted by molar-refractivity contribution is 1.15. The summed E-state index contributed by atoms with van der Waals surface area (Å²) in [5.74, 6) is 0. The van der Waals surface area contributed by atoms with E-state index in [-0.39, 0.29) is 0 Å². The van der Waals surface area contributed by atoms with Crippen LogP contribution in [-0.4, -0.2) is 7.05 Å². The predicted octanol–water partition coefficient (Wildman–Crippen LogP) is 4.49. The Hall–Kier alpha value is -2.48. The van der Waals surface area contributed by atoms with Crippen LogP contribution in [-0.2, 0) is 6.54 Å². The molecule has 2 heteroatoms. The van der Waals surface area contributed by atoms with Crippen molar-refractivity contribution in [2.75, 3.05) is 17.7 Å². The summed E-state index contributed by atoms with van der Waals surface area (Å²) in [7, 11) is 1.96. The molecule has 0 saturated carbocycles. The third-order valence-corrected chi connectivity index (χ3v) is 3.50. The fourth-order valence-corrected chi connectivity index (χ4v) is 2.49. The Balaban J connectivity index is 1.95. The summed E-state index contributed by atoms with van der Waals surface area (Å²) in [6.07, 6.45) is 0. The molecule has 3 rings (SSSR count). The smallest absolute Gasteiger partial charge is 0.0443 e. The first kappa shape index (κ1) is 12.5. The minimum Gasteiger partial charge on any atom is -0.388 e. The van der Waals surface area contributed by atoms with Gasteiger partial charge in [0.2, 0.25) is 0 Å². The van der Waals surface area contributed by atoms with E-state index in [0.717, 1.165) is 17.9 Å². The molecule has 3 aromatic carbocycles. The lowest BCUT2D eigenvalue weighted by atomic mass is 10.1. The summed E-state index contributed by atoms with van der Waals surface area (Å²) in [6.45, 7) is 0.831. The highest BCUT2D eigenvalue weighted by Crippen LogP contribution is 2.30. The molecule has 0 amide bonds. The predicted molar refractivity (Wildman–Crippen MR) is 87.3 cm³/mol. The highest BCUT2D eigenvalue weighted by molar-refractivity contribution is 6.03. The van der Waals surface area contributed by atoms with Crippen LogP contribution >= 0.6 is 0 Å². The SMILES string of the molecule is CNc1cccc2cccc(NCc3ccccc3)c12. The van der Waals surface area contributed by atoms with Crippen molar-refractivity contribution in [2.24, 2.45) is 0 Å². The molecular weight excluding hydrogens is 244 g/mol. The number of benzene rings is 3. The van der Waals surface area contributed by atoms with Crippen molar-refractivity contribution in [3.63, 3.8) is 0 Å². The van der Waals surface area contributed by atoms with Gasteiger partial charge >= 0.3 is 0 Å². The normalized spacial score (nSPS) is 10.4. The van der Waals surface area contributed by atoms with Crippen molar-refractivity contribution in [1.82, 2.24) is 0 Å². The summed E-state index contributed by atoms with van der Waals surface area (Å²) >= 11 is 0. The molecular formula is C18H18N2. The third kappa shape index (κ3) is 2.45. The topological polar surface area (TPSA) is 24.1 Å². The van der Waals surface area contributed by atoms with Crippen LogP contribution < -0.4 is 10.6 Å². The molecule has 20 heavy (non-hydrogen) atoms. The van der Waals surface area contributed by atoms with Crippen molar-refractivity contribution < 1.29 is 0 Å². The molecule has 0 aromatic heterocycles. The molecule has 100 valence electrons. The van der Waals surface area contributed by atoms with Crippen molar-refractivity contribution in [3.05, 3.63) is 72.3 Å². The number of rotatable bonds is 4. The Labute approximate surface area is 119 Å². The van der Waals surface area contributed by atoms with Crippen molar-refractivity contribution in [2.45, 2.75) is 6.54 Å². The van der Waals surface area contributed by atoms with Crippen LogP contribution in [0.15, 0.2) is 66.7 Å². The van der Waals surface area contributed by atoms with E-state index in [2.05, 4.69) is 71.3 Å². The molecule has 2 nitrogen and oxygen atoms in total. The van der Waals surface area contributed by atoms with Gasteiger partial charge in [-0.3, -0.25) is 0 Å². The number of nitrogens with one attached hydrogen (secondary N) is 2. The molecule has 0 fully saturated rings. The van der Waals surface area contributed by atoms with Crippen LogP contribution in [0.5, 0.6) is 0 Å². The maximum Gasteiger partial charge on any atom is 0.0443 e. The second-order valence-corrected chi connectivity index (χ2v) is 4.80. The average molecular weight is 262 g/mol. The van der Waals surface area contributed by atoms with Gasteiger partial charge in [-0.2, -0.15) is 0 Å². The lowest BCUT2D eigenvalue weighted by Gasteiger charge is -2.13. The van der Waals surface area contributed by atoms with Crippen LogP contribution in [0.4, 0.5) is 11.4 Å². The lowest BCUT2D eigenvalue weighted by Crippen LogP contribution is -2.01. The van der Waals surface area contributed by atoms with Crippen LogP contribution in [0.3, 0.4) is 0 Å². The molecule has 0 aliphatic rings. The number of hydrogen-bond acceptors (Lipinski definition) is 2. The fourth-order valence-electron chi connectivity index (χ4n) is 2.49. The maximum atomic E-state index is 3.54. The highest BCUT2D eigenvalue weighted by Gasteiger charge is 2.04. The van der Waals surface area contributed by atoms with E-state index in [1.54, 1.807) is 0 Å². The van der Waals surface area contributed by atoms with Crippen molar-refractivity contribution >= 4 is 22.1 Å². The van der Waals surface area contributed by atoms with Gasteiger partial charge < -0.3 is 10.6 Å². The van der Waals surface area contributed by atoms with Gasteiger partial charge in [-0.1, -0.05) is 54.6 Å². The number of anilines is 2. The van der Waals surface area contributed by atoms with Gasteiger partial charge in [0, 0.05) is 30.4 Å².